The maximum atomic E-state index is 13.6. The van der Waals surface area contributed by atoms with E-state index < -0.39 is 0 Å². The van der Waals surface area contributed by atoms with Gasteiger partial charge in [-0.25, -0.2) is 4.39 Å². The molecule has 1 amide bonds. The van der Waals surface area contributed by atoms with Crippen molar-refractivity contribution in [3.8, 4) is 5.75 Å². The summed E-state index contributed by atoms with van der Waals surface area (Å²) in [5, 5.41) is 4.43. The minimum atomic E-state index is -0.322. The summed E-state index contributed by atoms with van der Waals surface area (Å²) in [7, 11) is 1.65. The highest BCUT2D eigenvalue weighted by atomic mass is 35.5. The van der Waals surface area contributed by atoms with E-state index in [1.807, 2.05) is 36.5 Å². The van der Waals surface area contributed by atoms with Crippen molar-refractivity contribution in [2.45, 2.75) is 63.7 Å². The Labute approximate surface area is 256 Å². The van der Waals surface area contributed by atoms with E-state index in [9.17, 15) is 14.0 Å². The maximum Gasteiger partial charge on any atom is 0.253 e. The SMILES string of the molecule is COc1cccc2c(C(=O)NCc3cccc(F)c3)cn(CCCN3[C@@H]4CC[C@H]3C[C@@H](CC(=O)c3ccc(Cl)cc3)C4)c12. The Balaban J connectivity index is 1.09. The highest BCUT2D eigenvalue weighted by Crippen LogP contribution is 2.40. The smallest absolute Gasteiger partial charge is 0.253 e. The van der Waals surface area contributed by atoms with E-state index in [1.54, 1.807) is 31.4 Å². The van der Waals surface area contributed by atoms with E-state index in [4.69, 9.17) is 16.3 Å². The van der Waals surface area contributed by atoms with Crippen molar-refractivity contribution in [2.24, 2.45) is 5.92 Å². The Morgan fingerprint density at radius 2 is 1.74 bits per heavy atom. The number of piperidine rings is 1. The molecule has 1 N–H and O–H groups in total. The summed E-state index contributed by atoms with van der Waals surface area (Å²) in [6, 6.07) is 20.3. The highest BCUT2D eigenvalue weighted by molar-refractivity contribution is 6.30. The van der Waals surface area contributed by atoms with E-state index >= 15 is 0 Å². The second kappa shape index (κ2) is 12.9. The first-order chi connectivity index (χ1) is 20.9. The van der Waals surface area contributed by atoms with Gasteiger partial charge in [0.1, 0.15) is 11.6 Å². The third-order valence-corrected chi connectivity index (χ3v) is 9.36. The van der Waals surface area contributed by atoms with Gasteiger partial charge in [0.15, 0.2) is 5.78 Å². The fraction of sp³-hybridized carbons (Fsp3) is 0.371. The van der Waals surface area contributed by atoms with Crippen LogP contribution < -0.4 is 10.1 Å². The van der Waals surface area contributed by atoms with Gasteiger partial charge in [-0.05, 0) is 86.1 Å². The molecule has 2 fully saturated rings. The van der Waals surface area contributed by atoms with Crippen molar-refractivity contribution in [3.05, 3.63) is 100 Å². The molecular formula is C35H37ClFN3O3. The fourth-order valence-electron chi connectivity index (χ4n) is 7.13. The molecule has 0 saturated carbocycles. The van der Waals surface area contributed by atoms with Gasteiger partial charge in [0.25, 0.3) is 5.91 Å². The lowest BCUT2D eigenvalue weighted by Crippen LogP contribution is -2.43. The van der Waals surface area contributed by atoms with Gasteiger partial charge < -0.3 is 14.6 Å². The van der Waals surface area contributed by atoms with Crippen molar-refractivity contribution in [2.75, 3.05) is 13.7 Å². The van der Waals surface area contributed by atoms with Gasteiger partial charge in [-0.1, -0.05) is 35.9 Å². The summed E-state index contributed by atoms with van der Waals surface area (Å²) in [5.74, 6) is 0.835. The number of para-hydroxylation sites is 1. The third-order valence-electron chi connectivity index (χ3n) is 9.11. The second-order valence-corrected chi connectivity index (χ2v) is 12.3. The Bertz CT molecular complexity index is 1600. The minimum absolute atomic E-state index is 0.200. The average Bonchev–Trinajstić information content (AvgIpc) is 3.49. The lowest BCUT2D eigenvalue weighted by atomic mass is 9.85. The Morgan fingerprint density at radius 3 is 2.47 bits per heavy atom. The van der Waals surface area contributed by atoms with Gasteiger partial charge in [0, 0.05) is 60.3 Å². The van der Waals surface area contributed by atoms with Crippen LogP contribution in [0.25, 0.3) is 10.9 Å². The molecule has 0 radical (unpaired) electrons. The number of nitrogens with zero attached hydrogens (tertiary/aromatic N) is 2. The van der Waals surface area contributed by atoms with Gasteiger partial charge in [-0.2, -0.15) is 0 Å². The number of ketones is 1. The number of benzene rings is 3. The predicted octanol–water partition coefficient (Wildman–Crippen LogP) is 7.28. The number of nitrogens with one attached hydrogen (secondary N) is 1. The molecule has 43 heavy (non-hydrogen) atoms. The monoisotopic (exact) mass is 601 g/mol. The number of carbonyl (C=O) groups is 2. The number of amides is 1. The van der Waals surface area contributed by atoms with Crippen LogP contribution in [0.3, 0.4) is 0 Å². The summed E-state index contributed by atoms with van der Waals surface area (Å²) in [4.78, 5) is 28.8. The van der Waals surface area contributed by atoms with Crippen LogP contribution in [0.1, 0.15) is 64.8 Å². The van der Waals surface area contributed by atoms with Crippen molar-refractivity contribution in [1.82, 2.24) is 14.8 Å². The Hall–Kier alpha value is -3.68. The number of carbonyl (C=O) groups excluding carboxylic acids is 2. The summed E-state index contributed by atoms with van der Waals surface area (Å²) < 4.78 is 21.4. The van der Waals surface area contributed by atoms with Gasteiger partial charge in [-0.3, -0.25) is 14.5 Å². The fourth-order valence-corrected chi connectivity index (χ4v) is 7.26. The van der Waals surface area contributed by atoms with Crippen molar-refractivity contribution >= 4 is 34.2 Å². The zero-order valence-electron chi connectivity index (χ0n) is 24.4. The predicted molar refractivity (Wildman–Crippen MR) is 167 cm³/mol. The Morgan fingerprint density at radius 1 is 1.00 bits per heavy atom. The first-order valence-electron chi connectivity index (χ1n) is 15.1. The molecule has 2 aliphatic heterocycles. The lowest BCUT2D eigenvalue weighted by molar-refractivity contribution is 0.0807. The van der Waals surface area contributed by atoms with E-state index in [2.05, 4.69) is 14.8 Å². The Kier molecular flexibility index (Phi) is 8.82. The zero-order chi connectivity index (χ0) is 29.9. The average molecular weight is 602 g/mol. The molecule has 2 bridgehead atoms. The largest absolute Gasteiger partial charge is 0.495 e. The maximum absolute atomic E-state index is 13.6. The lowest BCUT2D eigenvalue weighted by Gasteiger charge is -2.39. The third kappa shape index (κ3) is 6.48. The number of halogens is 2. The number of Topliss-reactive ketones (excluding diaryl/α,β-unsaturated/α-hetero) is 1. The number of methoxy groups -OCH3 is 1. The number of hydrogen-bond donors (Lipinski definition) is 1. The van der Waals surface area contributed by atoms with Crippen molar-refractivity contribution in [3.63, 3.8) is 0 Å². The molecule has 3 heterocycles. The number of aromatic nitrogens is 1. The number of hydrogen-bond acceptors (Lipinski definition) is 4. The number of fused-ring (bicyclic) bond motifs is 3. The van der Waals surface area contributed by atoms with Gasteiger partial charge in [-0.15, -0.1) is 0 Å². The molecule has 2 saturated heterocycles. The first kappa shape index (κ1) is 29.4. The molecule has 0 aliphatic carbocycles. The topological polar surface area (TPSA) is 63.6 Å². The second-order valence-electron chi connectivity index (χ2n) is 11.9. The number of ether oxygens (including phenoxy) is 1. The van der Waals surface area contributed by atoms with E-state index in [1.165, 1.54) is 25.0 Å². The van der Waals surface area contributed by atoms with Crippen LogP contribution in [0.2, 0.25) is 5.02 Å². The molecule has 6 nitrogen and oxygen atoms in total. The van der Waals surface area contributed by atoms with Crippen LogP contribution in [0.4, 0.5) is 4.39 Å². The van der Waals surface area contributed by atoms with E-state index in [0.29, 0.717) is 40.6 Å². The van der Waals surface area contributed by atoms with Crippen LogP contribution in [-0.4, -0.2) is 46.9 Å². The molecule has 224 valence electrons. The summed E-state index contributed by atoms with van der Waals surface area (Å²) >= 11 is 6.00. The molecule has 1 aromatic heterocycles. The molecule has 6 rings (SSSR count). The standard InChI is InChI=1S/C35H37ClFN3O3/c1-43-33-8-3-7-30-31(35(42)38-21-23-5-2-6-27(37)17-23)22-39(34(30)33)15-4-16-40-28-13-14-29(40)19-24(18-28)20-32(41)25-9-11-26(36)12-10-25/h2-3,5-12,17,22,24,28-29H,4,13-16,18-21H2,1H3,(H,38,42)/t24-,28+,29-. The van der Waals surface area contributed by atoms with Crippen molar-refractivity contribution < 1.29 is 18.7 Å². The van der Waals surface area contributed by atoms with Gasteiger partial charge in [0.05, 0.1) is 18.2 Å². The number of rotatable bonds is 11. The molecule has 2 aliphatic rings. The molecule has 0 spiro atoms. The van der Waals surface area contributed by atoms with Gasteiger partial charge in [0.2, 0.25) is 0 Å². The first-order valence-corrected chi connectivity index (χ1v) is 15.5. The van der Waals surface area contributed by atoms with Crippen LogP contribution in [0, 0.1) is 11.7 Å². The van der Waals surface area contributed by atoms with E-state index in [0.717, 1.165) is 54.6 Å². The van der Waals surface area contributed by atoms with E-state index in [-0.39, 0.29) is 24.1 Å². The van der Waals surface area contributed by atoms with Crippen molar-refractivity contribution in [1.29, 1.82) is 0 Å². The van der Waals surface area contributed by atoms with Crippen LogP contribution in [0.5, 0.6) is 5.75 Å². The normalized spacial score (nSPS) is 19.9. The van der Waals surface area contributed by atoms with Gasteiger partial charge >= 0.3 is 0 Å². The molecule has 8 heteroatoms. The molecule has 3 aromatic carbocycles. The quantitative estimate of drug-likeness (QED) is 0.184. The minimum Gasteiger partial charge on any atom is -0.495 e. The molecule has 3 atom stereocenters. The highest BCUT2D eigenvalue weighted by Gasteiger charge is 2.40. The van der Waals surface area contributed by atoms with Crippen LogP contribution in [0.15, 0.2) is 72.9 Å². The summed E-state index contributed by atoms with van der Waals surface area (Å²) in [5.41, 5.74) is 2.94. The number of aryl methyl sites for hydroxylation is 1. The summed E-state index contributed by atoms with van der Waals surface area (Å²) in [6.07, 6.45) is 7.95. The molecule has 0 unspecified atom stereocenters. The zero-order valence-corrected chi connectivity index (χ0v) is 25.2. The molecule has 4 aromatic rings. The van der Waals surface area contributed by atoms with Crippen LogP contribution in [-0.2, 0) is 13.1 Å². The van der Waals surface area contributed by atoms with Crippen LogP contribution >= 0.6 is 11.6 Å². The summed E-state index contributed by atoms with van der Waals surface area (Å²) in [6.45, 7) is 1.98. The molecular weight excluding hydrogens is 565 g/mol.